The molecule has 2 amide bonds. The molecular weight excluding hydrogens is 260 g/mol. The van der Waals surface area contributed by atoms with Crippen molar-refractivity contribution in [3.05, 3.63) is 39.9 Å². The number of hydrogen-bond donors (Lipinski definition) is 2. The number of nitrogens with one attached hydrogen (secondary N) is 2. The third-order valence-corrected chi connectivity index (χ3v) is 2.84. The van der Waals surface area contributed by atoms with Crippen LogP contribution >= 0.6 is 0 Å². The highest BCUT2D eigenvalue weighted by Gasteiger charge is 2.10. The van der Waals surface area contributed by atoms with Crippen LogP contribution in [0.15, 0.2) is 24.3 Å². The minimum absolute atomic E-state index is 0.0221. The van der Waals surface area contributed by atoms with Gasteiger partial charge < -0.3 is 15.5 Å². The third-order valence-electron chi connectivity index (χ3n) is 2.84. The molecule has 0 heterocycles. The minimum atomic E-state index is -0.409. The Kier molecular flexibility index (Phi) is 5.92. The topological polar surface area (TPSA) is 87.5 Å². The van der Waals surface area contributed by atoms with Gasteiger partial charge in [0.05, 0.1) is 4.92 Å². The highest BCUT2D eigenvalue weighted by atomic mass is 16.6. The van der Waals surface area contributed by atoms with Gasteiger partial charge in [0.15, 0.2) is 0 Å². The van der Waals surface area contributed by atoms with Gasteiger partial charge in [-0.05, 0) is 12.5 Å². The number of nitrogens with zero attached hydrogens (tertiary/aromatic N) is 2. The molecule has 0 aliphatic heterocycles. The lowest BCUT2D eigenvalue weighted by Gasteiger charge is -2.16. The van der Waals surface area contributed by atoms with Crippen molar-refractivity contribution >= 4 is 11.7 Å². The predicted molar refractivity (Wildman–Crippen MR) is 76.6 cm³/mol. The van der Waals surface area contributed by atoms with Crippen molar-refractivity contribution in [3.63, 3.8) is 0 Å². The average molecular weight is 280 g/mol. The molecule has 0 aromatic heterocycles. The van der Waals surface area contributed by atoms with E-state index in [-0.39, 0.29) is 17.8 Å². The number of nitro benzene ring substituents is 1. The number of rotatable bonds is 6. The maximum absolute atomic E-state index is 11.3. The van der Waals surface area contributed by atoms with E-state index in [1.54, 1.807) is 26.2 Å². The maximum Gasteiger partial charge on any atom is 0.316 e. The zero-order valence-corrected chi connectivity index (χ0v) is 11.9. The molecule has 0 saturated carbocycles. The summed E-state index contributed by atoms with van der Waals surface area (Å²) in [7, 11) is 3.35. The maximum atomic E-state index is 11.3. The zero-order chi connectivity index (χ0) is 15.1. The van der Waals surface area contributed by atoms with E-state index in [0.29, 0.717) is 13.1 Å². The molecule has 0 bridgehead atoms. The molecule has 1 aromatic rings. The second-order valence-corrected chi connectivity index (χ2v) is 4.65. The summed E-state index contributed by atoms with van der Waals surface area (Å²) in [5.74, 6) is 0. The highest BCUT2D eigenvalue weighted by molar-refractivity contribution is 5.73. The molecule has 0 fully saturated rings. The summed E-state index contributed by atoms with van der Waals surface area (Å²) in [6.07, 6.45) is 0. The van der Waals surface area contributed by atoms with Crippen molar-refractivity contribution in [1.29, 1.82) is 0 Å². The van der Waals surface area contributed by atoms with E-state index >= 15 is 0 Å². The molecule has 2 N–H and O–H groups in total. The quantitative estimate of drug-likeness (QED) is 0.470. The summed E-state index contributed by atoms with van der Waals surface area (Å²) in [6, 6.07) is 6.35. The van der Waals surface area contributed by atoms with Crippen LogP contribution in [0.5, 0.6) is 0 Å². The van der Waals surface area contributed by atoms with Crippen LogP contribution < -0.4 is 10.6 Å². The molecular formula is C13H20N4O3. The molecule has 7 nitrogen and oxygen atoms in total. The second-order valence-electron chi connectivity index (χ2n) is 4.65. The SMILES string of the molecule is CC(NCCNC(=O)N(C)C)c1cccc([N+](=O)[O-])c1. The van der Waals surface area contributed by atoms with E-state index in [0.717, 1.165) is 5.56 Å². The standard InChI is InChI=1S/C13H20N4O3/c1-10(14-7-8-15-13(18)16(2)3)11-5-4-6-12(9-11)17(19)20/h4-6,9-10,14H,7-8H2,1-3H3,(H,15,18). The Morgan fingerprint density at radius 1 is 1.40 bits per heavy atom. The fraction of sp³-hybridized carbons (Fsp3) is 0.462. The molecule has 0 aliphatic carbocycles. The number of benzene rings is 1. The molecule has 1 atom stereocenters. The minimum Gasteiger partial charge on any atom is -0.337 e. The molecule has 0 aliphatic rings. The molecule has 1 unspecified atom stereocenters. The van der Waals surface area contributed by atoms with Crippen molar-refractivity contribution in [2.45, 2.75) is 13.0 Å². The number of non-ortho nitro benzene ring substituents is 1. The normalized spacial score (nSPS) is 11.8. The molecule has 0 radical (unpaired) electrons. The van der Waals surface area contributed by atoms with Gasteiger partial charge >= 0.3 is 6.03 Å². The highest BCUT2D eigenvalue weighted by Crippen LogP contribution is 2.18. The first-order valence-electron chi connectivity index (χ1n) is 6.34. The first kappa shape index (κ1) is 15.9. The molecule has 1 aromatic carbocycles. The number of amides is 2. The summed E-state index contributed by atoms with van der Waals surface area (Å²) in [5.41, 5.74) is 0.926. The average Bonchev–Trinajstić information content (AvgIpc) is 2.43. The molecule has 7 heteroatoms. The van der Waals surface area contributed by atoms with E-state index in [1.807, 2.05) is 13.0 Å². The fourth-order valence-electron chi connectivity index (χ4n) is 1.64. The molecule has 0 saturated heterocycles. The lowest BCUT2D eigenvalue weighted by atomic mass is 10.1. The van der Waals surface area contributed by atoms with E-state index in [2.05, 4.69) is 10.6 Å². The Balaban J connectivity index is 2.43. The fourth-order valence-corrected chi connectivity index (χ4v) is 1.64. The van der Waals surface area contributed by atoms with E-state index in [1.165, 1.54) is 11.0 Å². The molecule has 20 heavy (non-hydrogen) atoms. The summed E-state index contributed by atoms with van der Waals surface area (Å²) in [4.78, 5) is 23.1. The van der Waals surface area contributed by atoms with Gasteiger partial charge in [-0.25, -0.2) is 4.79 Å². The van der Waals surface area contributed by atoms with Gasteiger partial charge in [0.25, 0.3) is 5.69 Å². The number of urea groups is 1. The van der Waals surface area contributed by atoms with Crippen LogP contribution in [0.2, 0.25) is 0 Å². The summed E-state index contributed by atoms with van der Waals surface area (Å²) in [5, 5.41) is 16.6. The van der Waals surface area contributed by atoms with Gasteiger partial charge in [0.2, 0.25) is 0 Å². The predicted octanol–water partition coefficient (Wildman–Crippen LogP) is 1.52. The number of hydrogen-bond acceptors (Lipinski definition) is 4. The van der Waals surface area contributed by atoms with Crippen molar-refractivity contribution in [1.82, 2.24) is 15.5 Å². The van der Waals surface area contributed by atoms with Gasteiger partial charge in [0.1, 0.15) is 0 Å². The smallest absolute Gasteiger partial charge is 0.316 e. The number of nitro groups is 1. The lowest BCUT2D eigenvalue weighted by molar-refractivity contribution is -0.384. The van der Waals surface area contributed by atoms with Crippen molar-refractivity contribution in [2.75, 3.05) is 27.2 Å². The van der Waals surface area contributed by atoms with Crippen LogP contribution in [0.25, 0.3) is 0 Å². The molecule has 0 spiro atoms. The Bertz CT molecular complexity index is 476. The summed E-state index contributed by atoms with van der Waals surface area (Å²) >= 11 is 0. The first-order valence-corrected chi connectivity index (χ1v) is 6.34. The van der Waals surface area contributed by atoms with Crippen molar-refractivity contribution in [2.24, 2.45) is 0 Å². The zero-order valence-electron chi connectivity index (χ0n) is 11.9. The van der Waals surface area contributed by atoms with E-state index in [9.17, 15) is 14.9 Å². The van der Waals surface area contributed by atoms with Gasteiger partial charge in [-0.1, -0.05) is 12.1 Å². The second kappa shape index (κ2) is 7.44. The van der Waals surface area contributed by atoms with Crippen LogP contribution in [0, 0.1) is 10.1 Å². The Morgan fingerprint density at radius 2 is 2.10 bits per heavy atom. The van der Waals surface area contributed by atoms with E-state index in [4.69, 9.17) is 0 Å². The number of carbonyl (C=O) groups excluding carboxylic acids is 1. The monoisotopic (exact) mass is 280 g/mol. The lowest BCUT2D eigenvalue weighted by Crippen LogP contribution is -2.38. The summed E-state index contributed by atoms with van der Waals surface area (Å²) in [6.45, 7) is 3.01. The van der Waals surface area contributed by atoms with Crippen LogP contribution in [-0.4, -0.2) is 43.0 Å². The van der Waals surface area contributed by atoms with Crippen LogP contribution in [0.3, 0.4) is 0 Å². The summed E-state index contributed by atoms with van der Waals surface area (Å²) < 4.78 is 0. The largest absolute Gasteiger partial charge is 0.337 e. The van der Waals surface area contributed by atoms with Crippen LogP contribution in [0.4, 0.5) is 10.5 Å². The Hall–Kier alpha value is -2.15. The van der Waals surface area contributed by atoms with Gasteiger partial charge in [-0.3, -0.25) is 10.1 Å². The van der Waals surface area contributed by atoms with Gasteiger partial charge in [-0.2, -0.15) is 0 Å². The van der Waals surface area contributed by atoms with Crippen LogP contribution in [0.1, 0.15) is 18.5 Å². The number of carbonyl (C=O) groups is 1. The van der Waals surface area contributed by atoms with Gasteiger partial charge in [-0.15, -0.1) is 0 Å². The van der Waals surface area contributed by atoms with Gasteiger partial charge in [0, 0.05) is 45.4 Å². The van der Waals surface area contributed by atoms with Crippen LogP contribution in [-0.2, 0) is 0 Å². The van der Waals surface area contributed by atoms with Crippen molar-refractivity contribution in [3.8, 4) is 0 Å². The van der Waals surface area contributed by atoms with Crippen molar-refractivity contribution < 1.29 is 9.72 Å². The first-order chi connectivity index (χ1) is 9.41. The molecule has 110 valence electrons. The Morgan fingerprint density at radius 3 is 2.70 bits per heavy atom. The third kappa shape index (κ3) is 4.85. The Labute approximate surface area is 118 Å². The molecule has 1 rings (SSSR count). The van der Waals surface area contributed by atoms with E-state index < -0.39 is 4.92 Å².